The van der Waals surface area contributed by atoms with E-state index in [0.29, 0.717) is 12.1 Å². The molecule has 0 unspecified atom stereocenters. The lowest BCUT2D eigenvalue weighted by molar-refractivity contribution is -0.132. The van der Waals surface area contributed by atoms with Crippen LogP contribution in [0.25, 0.3) is 11.6 Å². The lowest BCUT2D eigenvalue weighted by Crippen LogP contribution is -2.07. The molecule has 0 aliphatic heterocycles. The van der Waals surface area contributed by atoms with Gasteiger partial charge in [-0.2, -0.15) is 0 Å². The van der Waals surface area contributed by atoms with Crippen LogP contribution in [0.4, 0.5) is 5.69 Å². The van der Waals surface area contributed by atoms with Crippen LogP contribution in [-0.4, -0.2) is 18.2 Å². The lowest BCUT2D eigenvalue weighted by Gasteiger charge is -2.18. The van der Waals surface area contributed by atoms with E-state index in [4.69, 9.17) is 10.5 Å². The minimum Gasteiger partial charge on any atom is -0.497 e. The Morgan fingerprint density at radius 2 is 1.80 bits per heavy atom. The van der Waals surface area contributed by atoms with E-state index in [1.807, 2.05) is 48.6 Å². The molecule has 1 aliphatic carbocycles. The van der Waals surface area contributed by atoms with Crippen LogP contribution < -0.4 is 10.5 Å². The number of ether oxygens (including phenoxy) is 1. The van der Waals surface area contributed by atoms with Crippen LogP contribution in [0.1, 0.15) is 17.5 Å². The van der Waals surface area contributed by atoms with Gasteiger partial charge in [0.05, 0.1) is 12.7 Å². The third-order valence-electron chi connectivity index (χ3n) is 4.10. The quantitative estimate of drug-likeness (QED) is 0.824. The summed E-state index contributed by atoms with van der Waals surface area (Å²) in [5.41, 5.74) is 10.2. The predicted octanol–water partition coefficient (Wildman–Crippen LogP) is 4.16. The molecular formula is C21H19NO3. The van der Waals surface area contributed by atoms with Crippen molar-refractivity contribution in [2.24, 2.45) is 0 Å². The van der Waals surface area contributed by atoms with Gasteiger partial charge in [-0.05, 0) is 53.0 Å². The highest BCUT2D eigenvalue weighted by molar-refractivity contribution is 6.05. The number of anilines is 1. The van der Waals surface area contributed by atoms with Crippen LogP contribution in [-0.2, 0) is 4.79 Å². The molecule has 4 heteroatoms. The number of nitrogen functional groups attached to an aromatic ring is 1. The van der Waals surface area contributed by atoms with Crippen molar-refractivity contribution in [3.63, 3.8) is 0 Å². The van der Waals surface area contributed by atoms with E-state index in [1.54, 1.807) is 25.3 Å². The zero-order chi connectivity index (χ0) is 17.8. The van der Waals surface area contributed by atoms with Gasteiger partial charge in [-0.25, -0.2) is 4.79 Å². The Balaban J connectivity index is 2.10. The standard InChI is InChI=1S/C21H19NO3/c1-25-18-11-5-14(6-12-18)13-16-3-2-4-19(21(23)24)20(16)15-7-9-17(22)10-8-15/h2,4-13H,3,22H2,1H3,(H,23,24). The molecule has 3 rings (SSSR count). The average Bonchev–Trinajstić information content (AvgIpc) is 2.63. The second-order valence-electron chi connectivity index (χ2n) is 5.77. The van der Waals surface area contributed by atoms with Gasteiger partial charge in [0.2, 0.25) is 0 Å². The van der Waals surface area contributed by atoms with Crippen LogP contribution in [0.15, 0.2) is 71.8 Å². The molecule has 25 heavy (non-hydrogen) atoms. The van der Waals surface area contributed by atoms with E-state index in [0.717, 1.165) is 28.0 Å². The van der Waals surface area contributed by atoms with Gasteiger partial charge >= 0.3 is 5.97 Å². The maximum atomic E-state index is 11.7. The second kappa shape index (κ2) is 7.09. The van der Waals surface area contributed by atoms with Gasteiger partial charge in [0.15, 0.2) is 0 Å². The summed E-state index contributed by atoms with van der Waals surface area (Å²) in [4.78, 5) is 11.7. The van der Waals surface area contributed by atoms with Crippen molar-refractivity contribution >= 4 is 23.3 Å². The third-order valence-corrected chi connectivity index (χ3v) is 4.10. The van der Waals surface area contributed by atoms with E-state index in [9.17, 15) is 9.90 Å². The fourth-order valence-electron chi connectivity index (χ4n) is 2.86. The van der Waals surface area contributed by atoms with Crippen LogP contribution in [0, 0.1) is 0 Å². The first-order valence-corrected chi connectivity index (χ1v) is 7.93. The maximum Gasteiger partial charge on any atom is 0.336 e. The first kappa shape index (κ1) is 16.6. The topological polar surface area (TPSA) is 72.5 Å². The van der Waals surface area contributed by atoms with Crippen molar-refractivity contribution in [2.75, 3.05) is 12.8 Å². The highest BCUT2D eigenvalue weighted by Crippen LogP contribution is 2.35. The average molecular weight is 333 g/mol. The minimum atomic E-state index is -0.941. The molecule has 126 valence electrons. The molecule has 0 spiro atoms. The fourth-order valence-corrected chi connectivity index (χ4v) is 2.86. The number of hydrogen-bond donors (Lipinski definition) is 2. The molecule has 0 radical (unpaired) electrons. The molecule has 0 heterocycles. The fraction of sp³-hybridized carbons (Fsp3) is 0.0952. The number of allylic oxidation sites excluding steroid dienone is 3. The predicted molar refractivity (Wildman–Crippen MR) is 100 cm³/mol. The van der Waals surface area contributed by atoms with E-state index in [-0.39, 0.29) is 5.57 Å². The third kappa shape index (κ3) is 3.63. The molecule has 0 bridgehead atoms. The van der Waals surface area contributed by atoms with Crippen molar-refractivity contribution in [2.45, 2.75) is 6.42 Å². The van der Waals surface area contributed by atoms with Crippen LogP contribution in [0.2, 0.25) is 0 Å². The molecule has 1 aliphatic rings. The first-order valence-electron chi connectivity index (χ1n) is 7.93. The maximum absolute atomic E-state index is 11.7. The Morgan fingerprint density at radius 3 is 2.40 bits per heavy atom. The summed E-state index contributed by atoms with van der Waals surface area (Å²) < 4.78 is 5.18. The molecule has 3 N–H and O–H groups in total. The van der Waals surface area contributed by atoms with Crippen molar-refractivity contribution in [3.8, 4) is 5.75 Å². The summed E-state index contributed by atoms with van der Waals surface area (Å²) in [7, 11) is 1.63. The smallest absolute Gasteiger partial charge is 0.336 e. The number of carboxylic acid groups (broad SMARTS) is 1. The largest absolute Gasteiger partial charge is 0.497 e. The zero-order valence-corrected chi connectivity index (χ0v) is 13.9. The molecule has 4 nitrogen and oxygen atoms in total. The Bertz CT molecular complexity index is 872. The van der Waals surface area contributed by atoms with Gasteiger partial charge in [-0.1, -0.05) is 42.5 Å². The summed E-state index contributed by atoms with van der Waals surface area (Å²) in [6.45, 7) is 0. The summed E-state index contributed by atoms with van der Waals surface area (Å²) in [5.74, 6) is -0.158. The van der Waals surface area contributed by atoms with Gasteiger partial charge in [0, 0.05) is 5.69 Å². The number of nitrogens with two attached hydrogens (primary N) is 1. The Hall–Kier alpha value is -3.27. The molecule has 0 aromatic heterocycles. The van der Waals surface area contributed by atoms with E-state index >= 15 is 0 Å². The minimum absolute atomic E-state index is 0.288. The van der Waals surface area contributed by atoms with Gasteiger partial charge in [-0.15, -0.1) is 0 Å². The van der Waals surface area contributed by atoms with Gasteiger partial charge in [0.1, 0.15) is 5.75 Å². The lowest BCUT2D eigenvalue weighted by atomic mass is 9.86. The van der Waals surface area contributed by atoms with Crippen molar-refractivity contribution in [3.05, 3.63) is 83.0 Å². The van der Waals surface area contributed by atoms with Crippen molar-refractivity contribution in [1.29, 1.82) is 0 Å². The van der Waals surface area contributed by atoms with Crippen LogP contribution in [0.5, 0.6) is 5.75 Å². The second-order valence-corrected chi connectivity index (χ2v) is 5.77. The Kier molecular flexibility index (Phi) is 4.70. The molecule has 0 atom stereocenters. The highest BCUT2D eigenvalue weighted by Gasteiger charge is 2.20. The normalized spacial score (nSPS) is 15.5. The van der Waals surface area contributed by atoms with Crippen LogP contribution >= 0.6 is 0 Å². The summed E-state index contributed by atoms with van der Waals surface area (Å²) in [6, 6.07) is 14.9. The number of carbonyl (C=O) groups is 1. The SMILES string of the molecule is COc1ccc(C=C2CC=CC(C(=O)O)=C2c2ccc(N)cc2)cc1. The number of rotatable bonds is 4. The molecule has 2 aromatic rings. The number of hydrogen-bond acceptors (Lipinski definition) is 3. The van der Waals surface area contributed by atoms with Gasteiger partial charge in [-0.3, -0.25) is 0 Å². The Morgan fingerprint density at radius 1 is 1.12 bits per heavy atom. The number of aliphatic carboxylic acids is 1. The van der Waals surface area contributed by atoms with Gasteiger partial charge in [0.25, 0.3) is 0 Å². The van der Waals surface area contributed by atoms with Crippen molar-refractivity contribution < 1.29 is 14.6 Å². The highest BCUT2D eigenvalue weighted by atomic mass is 16.5. The molecule has 2 aromatic carbocycles. The summed E-state index contributed by atoms with van der Waals surface area (Å²) >= 11 is 0. The monoisotopic (exact) mass is 333 g/mol. The number of carboxylic acids is 1. The zero-order valence-electron chi connectivity index (χ0n) is 13.9. The van der Waals surface area contributed by atoms with Crippen molar-refractivity contribution in [1.82, 2.24) is 0 Å². The molecule has 0 amide bonds. The van der Waals surface area contributed by atoms with E-state index < -0.39 is 5.97 Å². The van der Waals surface area contributed by atoms with Gasteiger partial charge < -0.3 is 15.6 Å². The summed E-state index contributed by atoms with van der Waals surface area (Å²) in [5, 5.41) is 9.60. The molecule has 0 saturated heterocycles. The summed E-state index contributed by atoms with van der Waals surface area (Å²) in [6.07, 6.45) is 6.22. The van der Waals surface area contributed by atoms with E-state index in [2.05, 4.69) is 0 Å². The van der Waals surface area contributed by atoms with E-state index in [1.165, 1.54) is 0 Å². The molecule has 0 fully saturated rings. The molecular weight excluding hydrogens is 314 g/mol. The number of methoxy groups -OCH3 is 1. The first-order chi connectivity index (χ1) is 12.1. The molecule has 0 saturated carbocycles. The number of benzene rings is 2. The van der Waals surface area contributed by atoms with Crippen LogP contribution in [0.3, 0.4) is 0 Å². The Labute approximate surface area is 146 Å².